The molecule has 3 aromatic rings. The second-order valence-electron chi connectivity index (χ2n) is 8.79. The van der Waals surface area contributed by atoms with Crippen LogP contribution in [0.2, 0.25) is 0 Å². The number of benzene rings is 3. The molecule has 0 amide bonds. The largest absolute Gasteiger partial charge is 0.364 e. The molecule has 1 atom stereocenters. The smallest absolute Gasteiger partial charge is 0.0545 e. The minimum atomic E-state index is 0.523. The standard InChI is InChI=1S/C27H31N3/c1-22-9-5-6-12-24(22)18-29-19-25-13-7-8-14-27(25)30-16-15-28(20-26(30)21-29)17-23-10-3-2-4-11-23/h2-14,26H,15-21H2,1H3. The van der Waals surface area contributed by atoms with Crippen LogP contribution in [0.5, 0.6) is 0 Å². The summed E-state index contributed by atoms with van der Waals surface area (Å²) >= 11 is 0. The topological polar surface area (TPSA) is 9.72 Å². The van der Waals surface area contributed by atoms with E-state index in [1.165, 1.54) is 27.9 Å². The Balaban J connectivity index is 1.39. The van der Waals surface area contributed by atoms with Crippen molar-refractivity contribution in [2.75, 3.05) is 31.1 Å². The zero-order valence-corrected chi connectivity index (χ0v) is 17.9. The van der Waals surface area contributed by atoms with Crippen molar-refractivity contribution in [3.8, 4) is 0 Å². The van der Waals surface area contributed by atoms with Crippen LogP contribution in [0, 0.1) is 6.92 Å². The van der Waals surface area contributed by atoms with E-state index in [9.17, 15) is 0 Å². The maximum absolute atomic E-state index is 2.68. The molecule has 0 radical (unpaired) electrons. The molecule has 0 saturated carbocycles. The molecule has 0 N–H and O–H groups in total. The van der Waals surface area contributed by atoms with Crippen molar-refractivity contribution in [2.45, 2.75) is 32.6 Å². The van der Waals surface area contributed by atoms with Crippen LogP contribution in [-0.2, 0) is 19.6 Å². The quantitative estimate of drug-likeness (QED) is 0.632. The predicted octanol–water partition coefficient (Wildman–Crippen LogP) is 4.70. The second kappa shape index (κ2) is 8.63. The van der Waals surface area contributed by atoms with Gasteiger partial charge in [0.2, 0.25) is 0 Å². The van der Waals surface area contributed by atoms with Crippen LogP contribution in [0.1, 0.15) is 22.3 Å². The van der Waals surface area contributed by atoms with Crippen LogP contribution in [0.3, 0.4) is 0 Å². The third-order valence-corrected chi connectivity index (χ3v) is 6.64. The third kappa shape index (κ3) is 4.14. The molecule has 1 fully saturated rings. The summed E-state index contributed by atoms with van der Waals surface area (Å²) in [7, 11) is 0. The lowest BCUT2D eigenvalue weighted by atomic mass is 10.1. The average Bonchev–Trinajstić information content (AvgIpc) is 2.92. The second-order valence-corrected chi connectivity index (χ2v) is 8.79. The van der Waals surface area contributed by atoms with Crippen molar-refractivity contribution in [3.63, 3.8) is 0 Å². The Morgan fingerprint density at radius 2 is 1.47 bits per heavy atom. The number of hydrogen-bond acceptors (Lipinski definition) is 3. The highest BCUT2D eigenvalue weighted by Crippen LogP contribution is 2.31. The first-order valence-electron chi connectivity index (χ1n) is 11.1. The summed E-state index contributed by atoms with van der Waals surface area (Å²) < 4.78 is 0. The van der Waals surface area contributed by atoms with Crippen LogP contribution < -0.4 is 4.90 Å². The number of anilines is 1. The fourth-order valence-electron chi connectivity index (χ4n) is 5.06. The molecule has 3 heteroatoms. The number of rotatable bonds is 4. The van der Waals surface area contributed by atoms with Gasteiger partial charge in [0, 0.05) is 51.5 Å². The van der Waals surface area contributed by atoms with Crippen molar-refractivity contribution in [1.29, 1.82) is 0 Å². The molecule has 154 valence electrons. The molecule has 2 aliphatic heterocycles. The van der Waals surface area contributed by atoms with E-state index in [2.05, 4.69) is 100 Å². The van der Waals surface area contributed by atoms with Crippen molar-refractivity contribution in [3.05, 3.63) is 101 Å². The first kappa shape index (κ1) is 19.3. The lowest BCUT2D eigenvalue weighted by molar-refractivity contribution is 0.172. The van der Waals surface area contributed by atoms with E-state index in [-0.39, 0.29) is 0 Å². The number of hydrogen-bond donors (Lipinski definition) is 0. The summed E-state index contributed by atoms with van der Waals surface area (Å²) in [6.45, 7) is 9.77. The first-order valence-corrected chi connectivity index (χ1v) is 11.1. The molecule has 0 bridgehead atoms. The Morgan fingerprint density at radius 1 is 0.733 bits per heavy atom. The molecule has 3 aromatic carbocycles. The molecule has 2 heterocycles. The summed E-state index contributed by atoms with van der Waals surface area (Å²) in [6.07, 6.45) is 0. The Kier molecular flexibility index (Phi) is 5.56. The van der Waals surface area contributed by atoms with E-state index < -0.39 is 0 Å². The molecule has 0 aromatic heterocycles. The molecule has 1 unspecified atom stereocenters. The minimum Gasteiger partial charge on any atom is -0.364 e. The van der Waals surface area contributed by atoms with Crippen LogP contribution >= 0.6 is 0 Å². The summed E-state index contributed by atoms with van der Waals surface area (Å²) in [5.41, 5.74) is 7.15. The molecule has 1 saturated heterocycles. The number of aryl methyl sites for hydroxylation is 1. The maximum Gasteiger partial charge on any atom is 0.0545 e. The fourth-order valence-corrected chi connectivity index (χ4v) is 5.06. The monoisotopic (exact) mass is 397 g/mol. The summed E-state index contributed by atoms with van der Waals surface area (Å²) in [5, 5.41) is 0. The zero-order chi connectivity index (χ0) is 20.3. The summed E-state index contributed by atoms with van der Waals surface area (Å²) in [5.74, 6) is 0. The molecule has 3 nitrogen and oxygen atoms in total. The number of fused-ring (bicyclic) bond motifs is 3. The van der Waals surface area contributed by atoms with Gasteiger partial charge in [-0.05, 0) is 35.2 Å². The van der Waals surface area contributed by atoms with Gasteiger partial charge in [0.05, 0.1) is 6.04 Å². The fraction of sp³-hybridized carbons (Fsp3) is 0.333. The van der Waals surface area contributed by atoms with Gasteiger partial charge in [-0.2, -0.15) is 0 Å². The van der Waals surface area contributed by atoms with Crippen molar-refractivity contribution < 1.29 is 0 Å². The van der Waals surface area contributed by atoms with E-state index in [0.717, 1.165) is 45.8 Å². The Morgan fingerprint density at radius 3 is 2.33 bits per heavy atom. The molecule has 0 aliphatic carbocycles. The van der Waals surface area contributed by atoms with Gasteiger partial charge in [-0.3, -0.25) is 9.80 Å². The number of para-hydroxylation sites is 1. The van der Waals surface area contributed by atoms with Gasteiger partial charge < -0.3 is 4.90 Å². The SMILES string of the molecule is Cc1ccccc1CN1Cc2ccccc2N2CCN(Cc3ccccc3)CC2C1. The highest BCUT2D eigenvalue weighted by atomic mass is 15.3. The molecule has 0 spiro atoms. The van der Waals surface area contributed by atoms with Crippen molar-refractivity contribution >= 4 is 5.69 Å². The van der Waals surface area contributed by atoms with Crippen LogP contribution in [0.15, 0.2) is 78.9 Å². The molecular formula is C27H31N3. The van der Waals surface area contributed by atoms with E-state index in [1.807, 2.05) is 0 Å². The molecule has 2 aliphatic rings. The maximum atomic E-state index is 2.68. The lowest BCUT2D eigenvalue weighted by Crippen LogP contribution is -2.55. The Labute approximate surface area is 180 Å². The van der Waals surface area contributed by atoms with Crippen LogP contribution in [0.25, 0.3) is 0 Å². The third-order valence-electron chi connectivity index (χ3n) is 6.64. The zero-order valence-electron chi connectivity index (χ0n) is 17.9. The van der Waals surface area contributed by atoms with E-state index >= 15 is 0 Å². The summed E-state index contributed by atoms with van der Waals surface area (Å²) in [4.78, 5) is 7.96. The van der Waals surface area contributed by atoms with E-state index in [0.29, 0.717) is 6.04 Å². The van der Waals surface area contributed by atoms with Crippen LogP contribution in [-0.4, -0.2) is 42.0 Å². The minimum absolute atomic E-state index is 0.523. The first-order chi connectivity index (χ1) is 14.8. The predicted molar refractivity (Wildman–Crippen MR) is 125 cm³/mol. The van der Waals surface area contributed by atoms with Gasteiger partial charge in [0.15, 0.2) is 0 Å². The van der Waals surface area contributed by atoms with Gasteiger partial charge in [0.25, 0.3) is 0 Å². The lowest BCUT2D eigenvalue weighted by Gasteiger charge is -2.43. The van der Waals surface area contributed by atoms with E-state index in [4.69, 9.17) is 0 Å². The Bertz CT molecular complexity index is 984. The number of nitrogens with zero attached hydrogens (tertiary/aromatic N) is 3. The molecular weight excluding hydrogens is 366 g/mol. The van der Waals surface area contributed by atoms with Gasteiger partial charge in [-0.1, -0.05) is 72.8 Å². The summed E-state index contributed by atoms with van der Waals surface area (Å²) in [6, 6.07) is 29.3. The molecule has 30 heavy (non-hydrogen) atoms. The Hall–Kier alpha value is -2.62. The van der Waals surface area contributed by atoms with Crippen molar-refractivity contribution in [2.24, 2.45) is 0 Å². The van der Waals surface area contributed by atoms with Gasteiger partial charge >= 0.3 is 0 Å². The average molecular weight is 398 g/mol. The molecule has 5 rings (SSSR count). The van der Waals surface area contributed by atoms with E-state index in [1.54, 1.807) is 0 Å². The highest BCUT2D eigenvalue weighted by Gasteiger charge is 2.32. The number of piperazine rings is 1. The van der Waals surface area contributed by atoms with Gasteiger partial charge in [-0.15, -0.1) is 0 Å². The van der Waals surface area contributed by atoms with Crippen molar-refractivity contribution in [1.82, 2.24) is 9.80 Å². The normalized spacial score (nSPS) is 19.8. The van der Waals surface area contributed by atoms with Gasteiger partial charge in [0.1, 0.15) is 0 Å². The highest BCUT2D eigenvalue weighted by molar-refractivity contribution is 5.56. The van der Waals surface area contributed by atoms with Gasteiger partial charge in [-0.25, -0.2) is 0 Å². The van der Waals surface area contributed by atoms with Crippen LogP contribution in [0.4, 0.5) is 5.69 Å².